The van der Waals surface area contributed by atoms with Crippen molar-refractivity contribution in [2.75, 3.05) is 11.1 Å². The predicted octanol–water partition coefficient (Wildman–Crippen LogP) is 3.21. The second-order valence-electron chi connectivity index (χ2n) is 5.65. The third kappa shape index (κ3) is 6.33. The van der Waals surface area contributed by atoms with Gasteiger partial charge in [0, 0.05) is 10.7 Å². The maximum absolute atomic E-state index is 12.9. The number of amides is 1. The molecule has 0 aliphatic heterocycles. The molecule has 0 aromatic heterocycles. The first kappa shape index (κ1) is 20.9. The molecule has 0 spiro atoms. The number of ether oxygens (including phenoxy) is 1. The first-order valence-corrected chi connectivity index (χ1v) is 9.94. The molecule has 1 atom stereocenters. The summed E-state index contributed by atoms with van der Waals surface area (Å²) < 4.78 is 42.1. The van der Waals surface area contributed by atoms with Gasteiger partial charge < -0.3 is 10.1 Å². The van der Waals surface area contributed by atoms with Gasteiger partial charge in [0.15, 0.2) is 15.9 Å². The highest BCUT2D eigenvalue weighted by Crippen LogP contribution is 2.15. The minimum Gasteiger partial charge on any atom is -0.453 e. The molecule has 0 fully saturated rings. The second-order valence-corrected chi connectivity index (χ2v) is 8.20. The average Bonchev–Trinajstić information content (AvgIpc) is 2.62. The van der Waals surface area contributed by atoms with E-state index in [4.69, 9.17) is 16.3 Å². The fourth-order valence-corrected chi connectivity index (χ4v) is 3.41. The van der Waals surface area contributed by atoms with Crippen LogP contribution < -0.4 is 5.32 Å². The zero-order valence-corrected chi connectivity index (χ0v) is 15.9. The van der Waals surface area contributed by atoms with Crippen LogP contribution in [-0.2, 0) is 24.2 Å². The summed E-state index contributed by atoms with van der Waals surface area (Å²) in [6, 6.07) is 10.6. The van der Waals surface area contributed by atoms with E-state index in [1.165, 1.54) is 6.92 Å². The molecule has 0 bridgehead atoms. The highest BCUT2D eigenvalue weighted by atomic mass is 35.5. The van der Waals surface area contributed by atoms with Crippen molar-refractivity contribution >= 4 is 39.0 Å². The average molecular weight is 414 g/mol. The number of carbonyl (C=O) groups is 2. The smallest absolute Gasteiger partial charge is 0.307 e. The van der Waals surface area contributed by atoms with Crippen molar-refractivity contribution in [2.45, 2.75) is 24.3 Å². The van der Waals surface area contributed by atoms with Gasteiger partial charge in [0.05, 0.1) is 17.1 Å². The lowest BCUT2D eigenvalue weighted by Gasteiger charge is -2.13. The lowest BCUT2D eigenvalue weighted by atomic mass is 10.3. The van der Waals surface area contributed by atoms with Crippen LogP contribution in [0, 0.1) is 5.82 Å². The SMILES string of the molecule is C[C@@H](OC(=O)CCS(=O)(=O)c1ccc(F)cc1)C(=O)Nc1ccc(Cl)cc1. The van der Waals surface area contributed by atoms with Gasteiger partial charge in [0.2, 0.25) is 0 Å². The molecular formula is C18H17ClFNO5S. The van der Waals surface area contributed by atoms with Gasteiger partial charge >= 0.3 is 5.97 Å². The fraction of sp³-hybridized carbons (Fsp3) is 0.222. The summed E-state index contributed by atoms with van der Waals surface area (Å²) >= 11 is 5.75. The molecule has 0 aliphatic carbocycles. The van der Waals surface area contributed by atoms with Crippen molar-refractivity contribution in [3.63, 3.8) is 0 Å². The molecule has 1 amide bonds. The normalized spacial score (nSPS) is 12.3. The van der Waals surface area contributed by atoms with Gasteiger partial charge in [-0.25, -0.2) is 12.8 Å². The molecule has 0 radical (unpaired) electrons. The molecule has 2 aromatic carbocycles. The van der Waals surface area contributed by atoms with E-state index in [2.05, 4.69) is 5.32 Å². The van der Waals surface area contributed by atoms with Crippen LogP contribution in [-0.4, -0.2) is 32.2 Å². The third-order valence-electron chi connectivity index (χ3n) is 3.54. The van der Waals surface area contributed by atoms with E-state index in [9.17, 15) is 22.4 Å². The molecule has 0 saturated carbocycles. The van der Waals surface area contributed by atoms with Gasteiger partial charge in [-0.15, -0.1) is 0 Å². The van der Waals surface area contributed by atoms with Gasteiger partial charge in [-0.1, -0.05) is 11.6 Å². The first-order valence-electron chi connectivity index (χ1n) is 7.91. The number of anilines is 1. The van der Waals surface area contributed by atoms with Crippen LogP contribution in [0.1, 0.15) is 13.3 Å². The second kappa shape index (κ2) is 8.96. The van der Waals surface area contributed by atoms with Crippen molar-refractivity contribution < 1.29 is 27.1 Å². The van der Waals surface area contributed by atoms with Gasteiger partial charge in [-0.05, 0) is 55.5 Å². The number of halogens is 2. The summed E-state index contributed by atoms with van der Waals surface area (Å²) in [6.07, 6.45) is -1.54. The Morgan fingerprint density at radius 1 is 1.11 bits per heavy atom. The lowest BCUT2D eigenvalue weighted by molar-refractivity contribution is -0.152. The Balaban J connectivity index is 1.86. The van der Waals surface area contributed by atoms with Crippen molar-refractivity contribution in [3.05, 3.63) is 59.4 Å². The van der Waals surface area contributed by atoms with E-state index >= 15 is 0 Å². The van der Waals surface area contributed by atoms with Crippen molar-refractivity contribution in [1.82, 2.24) is 0 Å². The van der Waals surface area contributed by atoms with Gasteiger partial charge in [-0.2, -0.15) is 0 Å². The minimum absolute atomic E-state index is 0.0924. The summed E-state index contributed by atoms with van der Waals surface area (Å²) in [4.78, 5) is 23.8. The number of hydrogen-bond donors (Lipinski definition) is 1. The van der Waals surface area contributed by atoms with E-state index in [-0.39, 0.29) is 4.90 Å². The van der Waals surface area contributed by atoms with Gasteiger partial charge in [0.25, 0.3) is 5.91 Å². The predicted molar refractivity (Wildman–Crippen MR) is 98.7 cm³/mol. The van der Waals surface area contributed by atoms with Gasteiger partial charge in [0.1, 0.15) is 5.82 Å². The van der Waals surface area contributed by atoms with Crippen LogP contribution in [0.15, 0.2) is 53.4 Å². The summed E-state index contributed by atoms with van der Waals surface area (Å²) in [6.45, 7) is 1.37. The number of esters is 1. The van der Waals surface area contributed by atoms with Crippen LogP contribution in [0.3, 0.4) is 0 Å². The number of nitrogens with one attached hydrogen (secondary N) is 1. The molecule has 144 valence electrons. The minimum atomic E-state index is -3.76. The third-order valence-corrected chi connectivity index (χ3v) is 5.52. The van der Waals surface area contributed by atoms with E-state index in [0.29, 0.717) is 10.7 Å². The number of carbonyl (C=O) groups excluding carboxylic acids is 2. The summed E-state index contributed by atoms with van der Waals surface area (Å²) in [5.41, 5.74) is 0.478. The van der Waals surface area contributed by atoms with Crippen LogP contribution in [0.25, 0.3) is 0 Å². The van der Waals surface area contributed by atoms with Gasteiger partial charge in [-0.3, -0.25) is 9.59 Å². The molecule has 27 heavy (non-hydrogen) atoms. The highest BCUT2D eigenvalue weighted by Gasteiger charge is 2.21. The Hall–Kier alpha value is -2.45. The maximum atomic E-state index is 12.9. The van der Waals surface area contributed by atoms with E-state index in [0.717, 1.165) is 24.3 Å². The zero-order valence-electron chi connectivity index (χ0n) is 14.3. The van der Waals surface area contributed by atoms with Crippen LogP contribution >= 0.6 is 11.6 Å². The zero-order chi connectivity index (χ0) is 20.0. The Bertz CT molecular complexity index is 914. The molecule has 1 N–H and O–H groups in total. The molecule has 2 aromatic rings. The Morgan fingerprint density at radius 3 is 2.30 bits per heavy atom. The number of sulfone groups is 1. The Labute approximate surface area is 161 Å². The molecule has 0 unspecified atom stereocenters. The van der Waals surface area contributed by atoms with Crippen LogP contribution in [0.2, 0.25) is 5.02 Å². The Morgan fingerprint density at radius 2 is 1.70 bits per heavy atom. The molecule has 0 saturated heterocycles. The Kier molecular flexibility index (Phi) is 6.92. The molecule has 0 aliphatic rings. The van der Waals surface area contributed by atoms with E-state index in [1.54, 1.807) is 24.3 Å². The lowest BCUT2D eigenvalue weighted by Crippen LogP contribution is -2.30. The fourth-order valence-electron chi connectivity index (χ4n) is 2.06. The monoisotopic (exact) mass is 413 g/mol. The molecule has 0 heterocycles. The van der Waals surface area contributed by atoms with Crippen molar-refractivity contribution in [1.29, 1.82) is 0 Å². The van der Waals surface area contributed by atoms with Crippen LogP contribution in [0.5, 0.6) is 0 Å². The molecular weight excluding hydrogens is 397 g/mol. The van der Waals surface area contributed by atoms with E-state index < -0.39 is 45.8 Å². The molecule has 6 nitrogen and oxygen atoms in total. The summed E-state index contributed by atoms with van der Waals surface area (Å²) in [5, 5.41) is 3.06. The van der Waals surface area contributed by atoms with Crippen molar-refractivity contribution in [3.8, 4) is 0 Å². The topological polar surface area (TPSA) is 89.5 Å². The molecule has 9 heteroatoms. The molecule has 2 rings (SSSR count). The number of rotatable bonds is 7. The van der Waals surface area contributed by atoms with E-state index in [1.807, 2.05) is 0 Å². The van der Waals surface area contributed by atoms with Crippen molar-refractivity contribution in [2.24, 2.45) is 0 Å². The van der Waals surface area contributed by atoms with Crippen LogP contribution in [0.4, 0.5) is 10.1 Å². The summed E-state index contributed by atoms with van der Waals surface area (Å²) in [5.74, 6) is -2.47. The number of benzene rings is 2. The standard InChI is InChI=1S/C18H17ClFNO5S/c1-12(18(23)21-15-6-2-13(19)3-7-15)26-17(22)10-11-27(24,25)16-8-4-14(20)5-9-16/h2-9,12H,10-11H2,1H3,(H,21,23)/t12-/m1/s1. The quantitative estimate of drug-likeness (QED) is 0.556. The summed E-state index contributed by atoms with van der Waals surface area (Å²) in [7, 11) is -3.76. The highest BCUT2D eigenvalue weighted by molar-refractivity contribution is 7.91. The first-order chi connectivity index (χ1) is 12.7. The number of hydrogen-bond acceptors (Lipinski definition) is 5. The maximum Gasteiger partial charge on any atom is 0.307 e. The largest absolute Gasteiger partial charge is 0.453 e.